The Morgan fingerprint density at radius 2 is 1.67 bits per heavy atom. The summed E-state index contributed by atoms with van der Waals surface area (Å²) in [6.07, 6.45) is 1.64. The Balaban J connectivity index is 1.42. The molecule has 0 fully saturated rings. The first kappa shape index (κ1) is 19.5. The van der Waals surface area contributed by atoms with Crippen molar-refractivity contribution in [1.82, 2.24) is 5.43 Å². The molecule has 0 unspecified atom stereocenters. The van der Waals surface area contributed by atoms with Gasteiger partial charge in [0.2, 0.25) is 0 Å². The maximum absolute atomic E-state index is 12.2. The van der Waals surface area contributed by atoms with Gasteiger partial charge in [-0.05, 0) is 46.7 Å². The number of hydrogen-bond acceptors (Lipinski definition) is 4. The minimum atomic E-state index is -0.224. The lowest BCUT2D eigenvalue weighted by atomic mass is 10.0. The normalized spacial score (nSPS) is 11.1. The minimum absolute atomic E-state index is 0.129. The molecular weight excluding hydrogens is 374 g/mol. The van der Waals surface area contributed by atoms with Crippen LogP contribution in [0.5, 0.6) is 5.75 Å². The van der Waals surface area contributed by atoms with Gasteiger partial charge in [-0.2, -0.15) is 5.10 Å². The average Bonchev–Trinajstić information content (AvgIpc) is 2.79. The van der Waals surface area contributed by atoms with Gasteiger partial charge in [0.25, 0.3) is 5.91 Å². The highest BCUT2D eigenvalue weighted by Crippen LogP contribution is 2.26. The van der Waals surface area contributed by atoms with E-state index in [1.807, 2.05) is 79.7 Å². The summed E-state index contributed by atoms with van der Waals surface area (Å²) in [6, 6.07) is 26.1. The highest BCUT2D eigenvalue weighted by atomic mass is 16.5. The third-order valence-electron chi connectivity index (χ3n) is 4.82. The molecule has 0 aliphatic carbocycles. The van der Waals surface area contributed by atoms with Crippen molar-refractivity contribution in [2.24, 2.45) is 5.10 Å². The quantitative estimate of drug-likeness (QED) is 0.342. The van der Waals surface area contributed by atoms with Gasteiger partial charge in [0.1, 0.15) is 5.75 Å². The van der Waals surface area contributed by atoms with E-state index in [0.29, 0.717) is 6.61 Å². The Hall–Kier alpha value is -3.86. The zero-order valence-electron chi connectivity index (χ0n) is 16.8. The fraction of sp³-hybridized carbons (Fsp3) is 0.120. The second-order valence-corrected chi connectivity index (χ2v) is 6.84. The van der Waals surface area contributed by atoms with Gasteiger partial charge in [-0.25, -0.2) is 5.43 Å². The van der Waals surface area contributed by atoms with Crippen LogP contribution in [-0.2, 0) is 4.79 Å². The van der Waals surface area contributed by atoms with Gasteiger partial charge < -0.3 is 10.1 Å². The number of fused-ring (bicyclic) bond motifs is 2. The lowest BCUT2D eigenvalue weighted by Gasteiger charge is -2.10. The fourth-order valence-electron chi connectivity index (χ4n) is 3.38. The summed E-state index contributed by atoms with van der Waals surface area (Å²) in [5, 5.41) is 11.7. The first-order valence-corrected chi connectivity index (χ1v) is 9.94. The van der Waals surface area contributed by atoms with Gasteiger partial charge in [0.15, 0.2) is 0 Å². The first-order valence-electron chi connectivity index (χ1n) is 9.94. The molecule has 0 bridgehead atoms. The topological polar surface area (TPSA) is 62.7 Å². The molecule has 0 aliphatic rings. The summed E-state index contributed by atoms with van der Waals surface area (Å²) < 4.78 is 5.73. The minimum Gasteiger partial charge on any atom is -0.493 e. The summed E-state index contributed by atoms with van der Waals surface area (Å²) in [4.78, 5) is 12.2. The van der Waals surface area contributed by atoms with Crippen LogP contribution >= 0.6 is 0 Å². The molecule has 0 heterocycles. The summed E-state index contributed by atoms with van der Waals surface area (Å²) in [7, 11) is 0. The monoisotopic (exact) mass is 397 g/mol. The molecule has 4 rings (SSSR count). The van der Waals surface area contributed by atoms with Crippen LogP contribution in [0, 0.1) is 0 Å². The smallest absolute Gasteiger partial charge is 0.259 e. The number of nitrogens with one attached hydrogen (secondary N) is 2. The summed E-state index contributed by atoms with van der Waals surface area (Å²) in [6.45, 7) is 2.63. The Labute approximate surface area is 175 Å². The highest BCUT2D eigenvalue weighted by Gasteiger charge is 2.07. The van der Waals surface area contributed by atoms with Crippen molar-refractivity contribution in [3.63, 3.8) is 0 Å². The van der Waals surface area contributed by atoms with Crippen LogP contribution in [0.2, 0.25) is 0 Å². The number of ether oxygens (including phenoxy) is 1. The number of benzene rings is 4. The SMILES string of the molecule is CCOc1ccc2ccccc2c1C=NNC(=O)CNc1ccc2ccccc2c1. The van der Waals surface area contributed by atoms with Crippen molar-refractivity contribution in [1.29, 1.82) is 0 Å². The third kappa shape index (κ3) is 4.41. The molecule has 0 aliphatic heterocycles. The van der Waals surface area contributed by atoms with Crippen LogP contribution in [0.1, 0.15) is 12.5 Å². The van der Waals surface area contributed by atoms with Crippen molar-refractivity contribution >= 4 is 39.4 Å². The molecular formula is C25H23N3O2. The van der Waals surface area contributed by atoms with E-state index in [2.05, 4.69) is 21.9 Å². The summed E-state index contributed by atoms with van der Waals surface area (Å²) in [5.41, 5.74) is 4.32. The molecule has 0 saturated carbocycles. The largest absolute Gasteiger partial charge is 0.493 e. The van der Waals surface area contributed by atoms with Crippen molar-refractivity contribution in [3.05, 3.63) is 84.4 Å². The van der Waals surface area contributed by atoms with E-state index in [9.17, 15) is 4.79 Å². The number of amides is 1. The molecule has 2 N–H and O–H groups in total. The number of carbonyl (C=O) groups is 1. The average molecular weight is 397 g/mol. The van der Waals surface area contributed by atoms with Gasteiger partial charge in [-0.1, -0.05) is 60.7 Å². The van der Waals surface area contributed by atoms with Crippen LogP contribution in [0.3, 0.4) is 0 Å². The molecule has 5 nitrogen and oxygen atoms in total. The molecule has 0 radical (unpaired) electrons. The zero-order valence-corrected chi connectivity index (χ0v) is 16.8. The van der Waals surface area contributed by atoms with Crippen molar-refractivity contribution in [2.45, 2.75) is 6.92 Å². The van der Waals surface area contributed by atoms with Crippen LogP contribution in [0.15, 0.2) is 84.0 Å². The molecule has 0 atom stereocenters. The van der Waals surface area contributed by atoms with E-state index in [-0.39, 0.29) is 12.5 Å². The molecule has 0 saturated heterocycles. The molecule has 0 aromatic heterocycles. The van der Waals surface area contributed by atoms with Gasteiger partial charge in [-0.3, -0.25) is 4.79 Å². The van der Waals surface area contributed by atoms with Gasteiger partial charge in [0, 0.05) is 11.3 Å². The molecule has 30 heavy (non-hydrogen) atoms. The van der Waals surface area contributed by atoms with Gasteiger partial charge in [0.05, 0.1) is 19.4 Å². The Morgan fingerprint density at radius 1 is 0.933 bits per heavy atom. The maximum Gasteiger partial charge on any atom is 0.259 e. The maximum atomic E-state index is 12.2. The number of hydrazone groups is 1. The highest BCUT2D eigenvalue weighted by molar-refractivity contribution is 6.02. The van der Waals surface area contributed by atoms with E-state index in [1.54, 1.807) is 6.21 Å². The second kappa shape index (κ2) is 9.09. The Bertz CT molecular complexity index is 1220. The number of hydrogen-bond donors (Lipinski definition) is 2. The Morgan fingerprint density at radius 3 is 2.50 bits per heavy atom. The lowest BCUT2D eigenvalue weighted by Crippen LogP contribution is -2.25. The van der Waals surface area contributed by atoms with Crippen LogP contribution in [0.25, 0.3) is 21.5 Å². The molecule has 4 aromatic rings. The van der Waals surface area contributed by atoms with E-state index in [0.717, 1.165) is 38.5 Å². The number of anilines is 1. The Kier molecular flexibility index (Phi) is 5.90. The van der Waals surface area contributed by atoms with E-state index in [1.165, 1.54) is 0 Å². The number of nitrogens with zero attached hydrogens (tertiary/aromatic N) is 1. The van der Waals surface area contributed by atoms with Crippen molar-refractivity contribution in [2.75, 3.05) is 18.5 Å². The van der Waals surface area contributed by atoms with E-state index < -0.39 is 0 Å². The second-order valence-electron chi connectivity index (χ2n) is 6.84. The van der Waals surface area contributed by atoms with Gasteiger partial charge >= 0.3 is 0 Å². The first-order chi connectivity index (χ1) is 14.7. The third-order valence-corrected chi connectivity index (χ3v) is 4.82. The standard InChI is InChI=1S/C25H23N3O2/c1-2-30-24-14-12-19-8-5-6-10-22(19)23(24)16-27-28-25(29)17-26-21-13-11-18-7-3-4-9-20(18)15-21/h3-16,26H,2,17H2,1H3,(H,28,29). The predicted molar refractivity (Wildman–Crippen MR) is 123 cm³/mol. The number of carbonyl (C=O) groups excluding carboxylic acids is 1. The number of rotatable bonds is 7. The molecule has 1 amide bonds. The van der Waals surface area contributed by atoms with Crippen LogP contribution in [-0.4, -0.2) is 25.3 Å². The van der Waals surface area contributed by atoms with Crippen molar-refractivity contribution in [3.8, 4) is 5.75 Å². The molecule has 5 heteroatoms. The van der Waals surface area contributed by atoms with E-state index in [4.69, 9.17) is 4.74 Å². The van der Waals surface area contributed by atoms with E-state index >= 15 is 0 Å². The molecule has 0 spiro atoms. The fourth-order valence-corrected chi connectivity index (χ4v) is 3.38. The summed E-state index contributed by atoms with van der Waals surface area (Å²) >= 11 is 0. The lowest BCUT2D eigenvalue weighted by molar-refractivity contribution is -0.119. The molecule has 4 aromatic carbocycles. The predicted octanol–water partition coefficient (Wildman–Crippen LogP) is 4.95. The summed E-state index contributed by atoms with van der Waals surface area (Å²) in [5.74, 6) is 0.515. The van der Waals surface area contributed by atoms with Crippen molar-refractivity contribution < 1.29 is 9.53 Å². The zero-order chi connectivity index (χ0) is 20.8. The van der Waals surface area contributed by atoms with Gasteiger partial charge in [-0.15, -0.1) is 0 Å². The van der Waals surface area contributed by atoms with Crippen LogP contribution < -0.4 is 15.5 Å². The molecule has 150 valence electrons. The van der Waals surface area contributed by atoms with Crippen LogP contribution in [0.4, 0.5) is 5.69 Å².